The van der Waals surface area contributed by atoms with Crippen LogP contribution in [0.25, 0.3) is 21.2 Å². The van der Waals surface area contributed by atoms with E-state index in [4.69, 9.17) is 11.6 Å². The molecule has 0 bridgehead atoms. The van der Waals surface area contributed by atoms with E-state index in [1.165, 1.54) is 16.9 Å². The minimum Gasteiger partial charge on any atom is -0.349 e. The van der Waals surface area contributed by atoms with Crippen molar-refractivity contribution in [2.24, 2.45) is 0 Å². The van der Waals surface area contributed by atoms with Crippen LogP contribution in [-0.4, -0.2) is 33.8 Å². The molecule has 0 atom stereocenters. The van der Waals surface area contributed by atoms with Gasteiger partial charge >= 0.3 is 0 Å². The van der Waals surface area contributed by atoms with E-state index in [1.54, 1.807) is 12.4 Å². The Balaban J connectivity index is 1.20. The number of rotatable bonds is 7. The third-order valence-corrected chi connectivity index (χ3v) is 10.4. The number of pyridine rings is 1. The molecule has 5 aromatic rings. The summed E-state index contributed by atoms with van der Waals surface area (Å²) in [5, 5.41) is 4.68. The lowest BCUT2D eigenvalue weighted by atomic mass is 9.86. The number of nitrogens with one attached hydrogen (secondary N) is 1. The van der Waals surface area contributed by atoms with E-state index in [1.807, 2.05) is 71.6 Å². The van der Waals surface area contributed by atoms with Crippen molar-refractivity contribution in [1.82, 2.24) is 15.2 Å². The van der Waals surface area contributed by atoms with Gasteiger partial charge in [0.05, 0.1) is 5.02 Å². The lowest BCUT2D eigenvalue weighted by molar-refractivity contribution is 0.0597. The van der Waals surface area contributed by atoms with E-state index in [-0.39, 0.29) is 29.3 Å². The van der Waals surface area contributed by atoms with Crippen LogP contribution in [0.1, 0.15) is 77.6 Å². The van der Waals surface area contributed by atoms with Gasteiger partial charge in [-0.1, -0.05) is 80.9 Å². The number of aromatic nitrogens is 1. The Morgan fingerprint density at radius 2 is 1.60 bits per heavy atom. The van der Waals surface area contributed by atoms with Gasteiger partial charge in [-0.3, -0.25) is 14.6 Å². The Hall–Kier alpha value is -4.00. The molecule has 1 aliphatic carbocycles. The van der Waals surface area contributed by atoms with E-state index in [0.717, 1.165) is 52.5 Å². The number of halogens is 1. The van der Waals surface area contributed by atoms with Crippen LogP contribution in [0.2, 0.25) is 5.02 Å². The van der Waals surface area contributed by atoms with Crippen LogP contribution >= 0.6 is 22.9 Å². The van der Waals surface area contributed by atoms with Crippen LogP contribution in [0.4, 0.5) is 0 Å². The molecule has 0 aliphatic heterocycles. The molecule has 7 heteroatoms. The zero-order valence-corrected chi connectivity index (χ0v) is 27.5. The van der Waals surface area contributed by atoms with E-state index in [0.29, 0.717) is 22.0 Å². The maximum absolute atomic E-state index is 14.3. The van der Waals surface area contributed by atoms with Crippen molar-refractivity contribution in [3.05, 3.63) is 124 Å². The summed E-state index contributed by atoms with van der Waals surface area (Å²) in [5.74, 6) is -0.0845. The first kappa shape index (κ1) is 31.0. The normalized spacial score (nSPS) is 16.8. The Morgan fingerprint density at radius 1 is 0.889 bits per heavy atom. The van der Waals surface area contributed by atoms with Crippen molar-refractivity contribution in [2.45, 2.75) is 70.5 Å². The third kappa shape index (κ3) is 6.98. The maximum Gasteiger partial charge on any atom is 0.266 e. The van der Waals surface area contributed by atoms with Crippen LogP contribution in [-0.2, 0) is 12.0 Å². The Labute approximate surface area is 274 Å². The van der Waals surface area contributed by atoms with Gasteiger partial charge in [0.15, 0.2) is 0 Å². The van der Waals surface area contributed by atoms with Crippen molar-refractivity contribution in [2.75, 3.05) is 0 Å². The van der Waals surface area contributed by atoms with Crippen LogP contribution in [0, 0.1) is 0 Å². The molecule has 1 aliphatic rings. The summed E-state index contributed by atoms with van der Waals surface area (Å²) in [6.45, 7) is 6.98. The molecule has 0 spiro atoms. The molecule has 0 unspecified atom stereocenters. The van der Waals surface area contributed by atoms with Gasteiger partial charge in [-0.25, -0.2) is 0 Å². The molecule has 45 heavy (non-hydrogen) atoms. The summed E-state index contributed by atoms with van der Waals surface area (Å²) < 4.78 is 1.01. The maximum atomic E-state index is 14.3. The molecular formula is C38H38ClN3O2S. The first-order valence-corrected chi connectivity index (χ1v) is 16.8. The van der Waals surface area contributed by atoms with Gasteiger partial charge < -0.3 is 10.2 Å². The zero-order chi connectivity index (χ0) is 31.6. The summed E-state index contributed by atoms with van der Waals surface area (Å²) in [6.07, 6.45) is 6.78. The van der Waals surface area contributed by atoms with Crippen molar-refractivity contribution in [3.8, 4) is 11.1 Å². The van der Waals surface area contributed by atoms with Crippen molar-refractivity contribution < 1.29 is 9.59 Å². The van der Waals surface area contributed by atoms with Crippen LogP contribution in [0.3, 0.4) is 0 Å². The molecule has 0 radical (unpaired) electrons. The lowest BCUT2D eigenvalue weighted by Gasteiger charge is -2.37. The molecule has 1 saturated carbocycles. The average Bonchev–Trinajstić information content (AvgIpc) is 3.40. The SMILES string of the molecule is CC(C)(C)c1ccc(C(=O)NC2CCC(N(Cc3cccc(-c4ccncc4)c3)C(=O)c3sc4ccccc4c3Cl)CC2)cc1. The quantitative estimate of drug-likeness (QED) is 0.194. The number of amides is 2. The predicted octanol–water partition coefficient (Wildman–Crippen LogP) is 9.30. The molecule has 0 saturated heterocycles. The van der Waals surface area contributed by atoms with Gasteiger partial charge in [0.1, 0.15) is 4.88 Å². The standard InChI is InChI=1S/C38H38ClN3O2S/c1-38(2,3)29-13-11-27(12-14-29)36(43)41-30-15-17-31(18-16-30)42(37(44)35-34(39)32-9-4-5-10-33(32)45-35)24-25-7-6-8-28(23-25)26-19-21-40-22-20-26/h4-14,19-23,30-31H,15-18,24H2,1-3H3,(H,41,43). The minimum atomic E-state index is -0.0446. The van der Waals surface area contributed by atoms with E-state index in [2.05, 4.69) is 49.3 Å². The van der Waals surface area contributed by atoms with E-state index < -0.39 is 0 Å². The van der Waals surface area contributed by atoms with Crippen molar-refractivity contribution >= 4 is 44.8 Å². The van der Waals surface area contributed by atoms with Gasteiger partial charge in [0, 0.05) is 46.7 Å². The highest BCUT2D eigenvalue weighted by Gasteiger charge is 2.32. The molecule has 1 N–H and O–H groups in total. The fraction of sp³-hybridized carbons (Fsp3) is 0.289. The summed E-state index contributed by atoms with van der Waals surface area (Å²) in [7, 11) is 0. The molecule has 230 valence electrons. The molecule has 2 amide bonds. The molecular weight excluding hydrogens is 598 g/mol. The zero-order valence-electron chi connectivity index (χ0n) is 25.9. The first-order valence-electron chi connectivity index (χ1n) is 15.6. The minimum absolute atomic E-state index is 0.0302. The highest BCUT2D eigenvalue weighted by atomic mass is 35.5. The van der Waals surface area contributed by atoms with Gasteiger partial charge in [-0.05, 0) is 89.8 Å². The Morgan fingerprint density at radius 3 is 2.29 bits per heavy atom. The highest BCUT2D eigenvalue weighted by Crippen LogP contribution is 2.38. The van der Waals surface area contributed by atoms with Crippen LogP contribution in [0.15, 0.2) is 97.3 Å². The van der Waals surface area contributed by atoms with Crippen LogP contribution in [0.5, 0.6) is 0 Å². The molecule has 5 nitrogen and oxygen atoms in total. The third-order valence-electron chi connectivity index (χ3n) is 8.77. The first-order chi connectivity index (χ1) is 21.7. The summed E-state index contributed by atoms with van der Waals surface area (Å²) in [4.78, 5) is 34.1. The average molecular weight is 636 g/mol. The highest BCUT2D eigenvalue weighted by molar-refractivity contribution is 7.21. The number of hydrogen-bond acceptors (Lipinski definition) is 4. The number of benzene rings is 3. The Kier molecular flexibility index (Phi) is 9.06. The second kappa shape index (κ2) is 13.2. The van der Waals surface area contributed by atoms with Crippen molar-refractivity contribution in [1.29, 1.82) is 0 Å². The molecule has 2 heterocycles. The predicted molar refractivity (Wildman–Crippen MR) is 185 cm³/mol. The molecule has 2 aromatic heterocycles. The van der Waals surface area contributed by atoms with Gasteiger partial charge in [0.25, 0.3) is 11.8 Å². The number of thiophene rings is 1. The summed E-state index contributed by atoms with van der Waals surface area (Å²) in [6, 6.07) is 28.2. The fourth-order valence-corrected chi connectivity index (χ4v) is 7.63. The largest absolute Gasteiger partial charge is 0.349 e. The fourth-order valence-electron chi connectivity index (χ4n) is 6.16. The molecule has 1 fully saturated rings. The van der Waals surface area contributed by atoms with Crippen LogP contribution < -0.4 is 5.32 Å². The van der Waals surface area contributed by atoms with Gasteiger partial charge in [0.2, 0.25) is 0 Å². The molecule has 3 aromatic carbocycles. The second-order valence-electron chi connectivity index (χ2n) is 12.9. The Bertz CT molecular complexity index is 1800. The van der Waals surface area contributed by atoms with E-state index in [9.17, 15) is 9.59 Å². The summed E-state index contributed by atoms with van der Waals surface area (Å²) >= 11 is 8.28. The molecule has 6 rings (SSSR count). The summed E-state index contributed by atoms with van der Waals surface area (Å²) in [5.41, 5.74) is 5.15. The number of carbonyl (C=O) groups is 2. The van der Waals surface area contributed by atoms with Gasteiger partial charge in [-0.2, -0.15) is 0 Å². The number of hydrogen-bond donors (Lipinski definition) is 1. The van der Waals surface area contributed by atoms with Gasteiger partial charge in [-0.15, -0.1) is 11.3 Å². The number of carbonyl (C=O) groups excluding carboxylic acids is 2. The van der Waals surface area contributed by atoms with Crippen molar-refractivity contribution in [3.63, 3.8) is 0 Å². The monoisotopic (exact) mass is 635 g/mol. The lowest BCUT2D eigenvalue weighted by Crippen LogP contribution is -2.45. The topological polar surface area (TPSA) is 62.3 Å². The number of nitrogens with zero attached hydrogens (tertiary/aromatic N) is 2. The number of fused-ring (bicyclic) bond motifs is 1. The second-order valence-corrected chi connectivity index (χ2v) is 14.3. The van der Waals surface area contributed by atoms with E-state index >= 15 is 0 Å². The smallest absolute Gasteiger partial charge is 0.266 e.